The molecule has 0 aliphatic heterocycles. The van der Waals surface area contributed by atoms with Gasteiger partial charge in [0, 0.05) is 0 Å². The van der Waals surface area contributed by atoms with Crippen molar-refractivity contribution in [3.63, 3.8) is 0 Å². The highest BCUT2D eigenvalue weighted by Gasteiger charge is 2.15. The molecule has 0 fully saturated rings. The van der Waals surface area contributed by atoms with Crippen LogP contribution in [0.5, 0.6) is 5.75 Å². The van der Waals surface area contributed by atoms with Crippen LogP contribution in [0.4, 0.5) is 0 Å². The zero-order valence-corrected chi connectivity index (χ0v) is 9.12. The van der Waals surface area contributed by atoms with Gasteiger partial charge in [-0.15, -0.1) is 0 Å². The van der Waals surface area contributed by atoms with Crippen LogP contribution in [0.15, 0.2) is 18.2 Å². The summed E-state index contributed by atoms with van der Waals surface area (Å²) in [5.74, 6) is -0.477. The Morgan fingerprint density at radius 3 is 2.73 bits per heavy atom. The highest BCUT2D eigenvalue weighted by Crippen LogP contribution is 2.23. The molecule has 0 heterocycles. The van der Waals surface area contributed by atoms with Gasteiger partial charge in [-0.3, -0.25) is 0 Å². The van der Waals surface area contributed by atoms with Crippen LogP contribution in [0.1, 0.15) is 35.7 Å². The molecule has 0 bridgehead atoms. The number of methoxy groups -OCH3 is 1. The van der Waals surface area contributed by atoms with E-state index >= 15 is 0 Å². The molecule has 15 heavy (non-hydrogen) atoms. The summed E-state index contributed by atoms with van der Waals surface area (Å²) in [4.78, 5) is 11.1. The van der Waals surface area contributed by atoms with Crippen molar-refractivity contribution in [1.29, 1.82) is 0 Å². The summed E-state index contributed by atoms with van der Waals surface area (Å²) in [5.41, 5.74) is 1.15. The summed E-state index contributed by atoms with van der Waals surface area (Å²) < 4.78 is 5.05. The summed E-state index contributed by atoms with van der Waals surface area (Å²) in [6, 6.07) is 5.36. The van der Waals surface area contributed by atoms with Crippen LogP contribution in [0.3, 0.4) is 0 Å². The van der Waals surface area contributed by atoms with Crippen molar-refractivity contribution in [2.45, 2.75) is 26.2 Å². The van der Waals surface area contributed by atoms with Crippen LogP contribution in [0, 0.1) is 0 Å². The maximum Gasteiger partial charge on any atom is 0.339 e. The van der Waals surface area contributed by atoms with Gasteiger partial charge in [-0.05, 0) is 24.5 Å². The Kier molecular flexibility index (Phi) is 4.16. The van der Waals surface area contributed by atoms with Crippen molar-refractivity contribution >= 4 is 5.97 Å². The Balaban J connectivity index is 3.07. The third-order valence-corrected chi connectivity index (χ3v) is 2.35. The first-order valence-electron chi connectivity index (χ1n) is 5.09. The van der Waals surface area contributed by atoms with E-state index in [-0.39, 0.29) is 0 Å². The SMILES string of the molecule is CCCCc1cccc(OC)c1C(=O)O. The van der Waals surface area contributed by atoms with Crippen LogP contribution in [-0.2, 0) is 6.42 Å². The molecule has 3 nitrogen and oxygen atoms in total. The van der Waals surface area contributed by atoms with Gasteiger partial charge in [-0.25, -0.2) is 4.79 Å². The van der Waals surface area contributed by atoms with Crippen molar-refractivity contribution in [3.8, 4) is 5.75 Å². The first-order valence-corrected chi connectivity index (χ1v) is 5.09. The van der Waals surface area contributed by atoms with Gasteiger partial charge in [0.25, 0.3) is 0 Å². The number of carboxylic acids is 1. The van der Waals surface area contributed by atoms with E-state index in [1.54, 1.807) is 6.07 Å². The summed E-state index contributed by atoms with van der Waals surface area (Å²) in [6.45, 7) is 2.08. The summed E-state index contributed by atoms with van der Waals surface area (Å²) in [5, 5.41) is 9.10. The number of hydrogen-bond acceptors (Lipinski definition) is 2. The number of unbranched alkanes of at least 4 members (excludes halogenated alkanes) is 1. The monoisotopic (exact) mass is 208 g/mol. The molecule has 0 spiro atoms. The zero-order valence-electron chi connectivity index (χ0n) is 9.12. The third kappa shape index (κ3) is 2.72. The smallest absolute Gasteiger partial charge is 0.339 e. The molecule has 0 unspecified atom stereocenters. The summed E-state index contributed by atoms with van der Waals surface area (Å²) >= 11 is 0. The fourth-order valence-corrected chi connectivity index (χ4v) is 1.56. The van der Waals surface area contributed by atoms with Gasteiger partial charge >= 0.3 is 5.97 Å². The summed E-state index contributed by atoms with van der Waals surface area (Å²) in [7, 11) is 1.49. The average Bonchev–Trinajstić information content (AvgIpc) is 2.25. The van der Waals surface area contributed by atoms with E-state index in [0.717, 1.165) is 24.8 Å². The van der Waals surface area contributed by atoms with Crippen molar-refractivity contribution in [2.24, 2.45) is 0 Å². The van der Waals surface area contributed by atoms with Crippen molar-refractivity contribution in [1.82, 2.24) is 0 Å². The second kappa shape index (κ2) is 5.39. The lowest BCUT2D eigenvalue weighted by Crippen LogP contribution is -2.05. The molecule has 0 aliphatic carbocycles. The van der Waals surface area contributed by atoms with E-state index < -0.39 is 5.97 Å². The van der Waals surface area contributed by atoms with Crippen molar-refractivity contribution in [2.75, 3.05) is 7.11 Å². The molecule has 82 valence electrons. The second-order valence-electron chi connectivity index (χ2n) is 3.40. The quantitative estimate of drug-likeness (QED) is 0.809. The lowest BCUT2D eigenvalue weighted by molar-refractivity contribution is 0.0692. The highest BCUT2D eigenvalue weighted by molar-refractivity contribution is 5.92. The molecule has 0 aromatic heterocycles. The van der Waals surface area contributed by atoms with Gasteiger partial charge in [0.05, 0.1) is 7.11 Å². The van der Waals surface area contributed by atoms with Crippen molar-refractivity contribution in [3.05, 3.63) is 29.3 Å². The molecule has 1 N–H and O–H groups in total. The third-order valence-electron chi connectivity index (χ3n) is 2.35. The van der Waals surface area contributed by atoms with Gasteiger partial charge in [0.1, 0.15) is 11.3 Å². The Morgan fingerprint density at radius 1 is 1.47 bits per heavy atom. The predicted molar refractivity (Wildman–Crippen MR) is 58.6 cm³/mol. The number of benzene rings is 1. The van der Waals surface area contributed by atoms with E-state index in [2.05, 4.69) is 6.92 Å². The normalized spacial score (nSPS) is 10.0. The number of rotatable bonds is 5. The molecular formula is C12H16O3. The summed E-state index contributed by atoms with van der Waals surface area (Å²) in [6.07, 6.45) is 2.83. The Hall–Kier alpha value is -1.51. The van der Waals surface area contributed by atoms with Gasteiger partial charge < -0.3 is 9.84 Å². The van der Waals surface area contributed by atoms with Gasteiger partial charge in [-0.1, -0.05) is 25.5 Å². The molecule has 1 rings (SSSR count). The Morgan fingerprint density at radius 2 is 2.20 bits per heavy atom. The number of carbonyl (C=O) groups is 1. The second-order valence-corrected chi connectivity index (χ2v) is 3.40. The van der Waals surface area contributed by atoms with E-state index in [9.17, 15) is 4.79 Å². The minimum atomic E-state index is -0.918. The Labute approximate surface area is 89.7 Å². The zero-order chi connectivity index (χ0) is 11.3. The largest absolute Gasteiger partial charge is 0.496 e. The van der Waals surface area contributed by atoms with E-state index in [0.29, 0.717) is 11.3 Å². The molecule has 0 saturated heterocycles. The molecule has 0 atom stereocenters. The first-order chi connectivity index (χ1) is 7.20. The number of hydrogen-bond donors (Lipinski definition) is 1. The van der Waals surface area contributed by atoms with E-state index in [1.807, 2.05) is 12.1 Å². The van der Waals surface area contributed by atoms with Crippen LogP contribution in [0.25, 0.3) is 0 Å². The predicted octanol–water partition coefficient (Wildman–Crippen LogP) is 2.74. The number of aromatic carboxylic acids is 1. The molecule has 1 aromatic rings. The maximum absolute atomic E-state index is 11.1. The standard InChI is InChI=1S/C12H16O3/c1-3-4-6-9-7-5-8-10(15-2)11(9)12(13)14/h5,7-8H,3-4,6H2,1-2H3,(H,13,14). The lowest BCUT2D eigenvalue weighted by atomic mass is 10.0. The van der Waals surface area contributed by atoms with E-state index in [4.69, 9.17) is 9.84 Å². The average molecular weight is 208 g/mol. The van der Waals surface area contributed by atoms with Crippen LogP contribution < -0.4 is 4.74 Å². The molecule has 1 aromatic carbocycles. The molecule has 0 amide bonds. The minimum Gasteiger partial charge on any atom is -0.496 e. The van der Waals surface area contributed by atoms with Crippen LogP contribution in [-0.4, -0.2) is 18.2 Å². The Bertz CT molecular complexity index is 345. The van der Waals surface area contributed by atoms with Gasteiger partial charge in [0.2, 0.25) is 0 Å². The number of aryl methyl sites for hydroxylation is 1. The van der Waals surface area contributed by atoms with E-state index in [1.165, 1.54) is 7.11 Å². The van der Waals surface area contributed by atoms with Crippen LogP contribution in [0.2, 0.25) is 0 Å². The van der Waals surface area contributed by atoms with Gasteiger partial charge in [-0.2, -0.15) is 0 Å². The number of carboxylic acid groups (broad SMARTS) is 1. The van der Waals surface area contributed by atoms with Crippen LogP contribution >= 0.6 is 0 Å². The van der Waals surface area contributed by atoms with Crippen molar-refractivity contribution < 1.29 is 14.6 Å². The first kappa shape index (κ1) is 11.6. The van der Waals surface area contributed by atoms with Gasteiger partial charge in [0.15, 0.2) is 0 Å². The molecule has 0 saturated carbocycles. The molecule has 0 aliphatic rings. The molecule has 3 heteroatoms. The highest BCUT2D eigenvalue weighted by atomic mass is 16.5. The minimum absolute atomic E-state index is 0.299. The lowest BCUT2D eigenvalue weighted by Gasteiger charge is -2.09. The maximum atomic E-state index is 11.1. The molecule has 0 radical (unpaired) electrons. The fraction of sp³-hybridized carbons (Fsp3) is 0.417. The number of ether oxygens (including phenoxy) is 1. The molecular weight excluding hydrogens is 192 g/mol. The topological polar surface area (TPSA) is 46.5 Å². The fourth-order valence-electron chi connectivity index (χ4n) is 1.56.